The van der Waals surface area contributed by atoms with E-state index in [0.717, 1.165) is 0 Å². The molecule has 1 fully saturated rings. The third kappa shape index (κ3) is 2.46. The van der Waals surface area contributed by atoms with Gasteiger partial charge in [0.25, 0.3) is 0 Å². The largest absolute Gasteiger partial charge is 0.307 e. The molecule has 0 bridgehead atoms. The molecule has 1 rings (SSSR count). The fourth-order valence-corrected chi connectivity index (χ4v) is 0.746. The Morgan fingerprint density at radius 1 is 1.64 bits per heavy atom. The van der Waals surface area contributed by atoms with Crippen LogP contribution >= 0.6 is 0 Å². The Balaban J connectivity index is 2.26. The first kappa shape index (κ1) is 8.46. The van der Waals surface area contributed by atoms with E-state index in [0.29, 0.717) is 12.6 Å². The first-order chi connectivity index (χ1) is 5.02. The van der Waals surface area contributed by atoms with Crippen LogP contribution in [0.25, 0.3) is 0 Å². The predicted molar refractivity (Wildman–Crippen MR) is 42.1 cm³/mol. The van der Waals surface area contributed by atoms with Gasteiger partial charge in [-0.2, -0.15) is 0 Å². The lowest BCUT2D eigenvalue weighted by molar-refractivity contribution is -0.558. The minimum Gasteiger partial charge on any atom is -0.307 e. The molecule has 0 aromatic carbocycles. The standard InChI is InChI=1S/C7H14N2O2/c1-7(2,9(10)11)5-8-6-3-4-6/h6,8H,3-5H2,1-2H3. The Kier molecular flexibility index (Phi) is 2.13. The quantitative estimate of drug-likeness (QED) is 0.486. The molecule has 1 aliphatic carbocycles. The topological polar surface area (TPSA) is 55.2 Å². The Bertz CT molecular complexity index is 164. The molecule has 0 aromatic heterocycles. The zero-order valence-corrected chi connectivity index (χ0v) is 6.96. The molecule has 11 heavy (non-hydrogen) atoms. The Morgan fingerprint density at radius 3 is 2.55 bits per heavy atom. The number of hydrogen-bond donors (Lipinski definition) is 1. The summed E-state index contributed by atoms with van der Waals surface area (Å²) < 4.78 is 0. The highest BCUT2D eigenvalue weighted by Crippen LogP contribution is 2.19. The lowest BCUT2D eigenvalue weighted by Crippen LogP contribution is -2.42. The maximum Gasteiger partial charge on any atom is 0.229 e. The summed E-state index contributed by atoms with van der Waals surface area (Å²) in [6.45, 7) is 3.76. The van der Waals surface area contributed by atoms with Crippen LogP contribution in [0.1, 0.15) is 26.7 Å². The molecule has 1 N–H and O–H groups in total. The van der Waals surface area contributed by atoms with Gasteiger partial charge in [-0.15, -0.1) is 0 Å². The number of rotatable bonds is 4. The van der Waals surface area contributed by atoms with Crippen LogP contribution in [0, 0.1) is 10.1 Å². The van der Waals surface area contributed by atoms with Crippen LogP contribution in [0.2, 0.25) is 0 Å². The van der Waals surface area contributed by atoms with E-state index in [2.05, 4.69) is 5.32 Å². The van der Waals surface area contributed by atoms with Crippen molar-refractivity contribution in [2.24, 2.45) is 0 Å². The maximum atomic E-state index is 10.4. The summed E-state index contributed by atoms with van der Waals surface area (Å²) in [5.41, 5.74) is -0.817. The van der Waals surface area contributed by atoms with Crippen molar-refractivity contribution >= 4 is 0 Å². The Labute approximate surface area is 66.1 Å². The normalized spacial score (nSPS) is 18.4. The molecule has 1 aliphatic rings. The highest BCUT2D eigenvalue weighted by molar-refractivity contribution is 4.83. The lowest BCUT2D eigenvalue weighted by atomic mass is 10.1. The third-order valence-corrected chi connectivity index (χ3v) is 1.89. The lowest BCUT2D eigenvalue weighted by Gasteiger charge is -2.15. The number of hydrogen-bond acceptors (Lipinski definition) is 3. The molecule has 0 atom stereocenters. The van der Waals surface area contributed by atoms with E-state index in [9.17, 15) is 10.1 Å². The van der Waals surface area contributed by atoms with Gasteiger partial charge in [-0.25, -0.2) is 0 Å². The van der Waals surface area contributed by atoms with Crippen LogP contribution in [0.15, 0.2) is 0 Å². The van der Waals surface area contributed by atoms with Crippen LogP contribution in [-0.2, 0) is 0 Å². The average Bonchev–Trinajstić information content (AvgIpc) is 2.65. The van der Waals surface area contributed by atoms with Crippen LogP contribution in [0.5, 0.6) is 0 Å². The van der Waals surface area contributed by atoms with Gasteiger partial charge in [-0.1, -0.05) is 0 Å². The van der Waals surface area contributed by atoms with Gasteiger partial charge in [-0.3, -0.25) is 10.1 Å². The second-order valence-corrected chi connectivity index (χ2v) is 3.72. The van der Waals surface area contributed by atoms with Crippen LogP contribution in [0.4, 0.5) is 0 Å². The van der Waals surface area contributed by atoms with Crippen molar-refractivity contribution in [2.45, 2.75) is 38.3 Å². The van der Waals surface area contributed by atoms with E-state index >= 15 is 0 Å². The third-order valence-electron chi connectivity index (χ3n) is 1.89. The molecular weight excluding hydrogens is 144 g/mol. The molecule has 0 aliphatic heterocycles. The number of nitro groups is 1. The SMILES string of the molecule is CC(C)(CNC1CC1)[N+](=O)[O-]. The molecule has 0 saturated heterocycles. The fraction of sp³-hybridized carbons (Fsp3) is 1.00. The van der Waals surface area contributed by atoms with Crippen molar-refractivity contribution in [3.63, 3.8) is 0 Å². The smallest absolute Gasteiger partial charge is 0.229 e. The molecule has 4 nitrogen and oxygen atoms in total. The van der Waals surface area contributed by atoms with Gasteiger partial charge in [0.15, 0.2) is 0 Å². The van der Waals surface area contributed by atoms with Crippen molar-refractivity contribution < 1.29 is 4.92 Å². The molecule has 0 spiro atoms. The van der Waals surface area contributed by atoms with Gasteiger partial charge in [0.1, 0.15) is 0 Å². The molecule has 1 saturated carbocycles. The molecule has 4 heteroatoms. The van der Waals surface area contributed by atoms with Gasteiger partial charge < -0.3 is 5.32 Å². The first-order valence-corrected chi connectivity index (χ1v) is 3.90. The van der Waals surface area contributed by atoms with Crippen molar-refractivity contribution in [3.05, 3.63) is 10.1 Å². The van der Waals surface area contributed by atoms with E-state index in [4.69, 9.17) is 0 Å². The summed E-state index contributed by atoms with van der Waals surface area (Å²) in [5.74, 6) is 0. The summed E-state index contributed by atoms with van der Waals surface area (Å²) in [6, 6.07) is 0.550. The van der Waals surface area contributed by atoms with Gasteiger partial charge >= 0.3 is 0 Å². The van der Waals surface area contributed by atoms with Gasteiger partial charge in [0.2, 0.25) is 5.54 Å². The average molecular weight is 158 g/mol. The van der Waals surface area contributed by atoms with Gasteiger partial charge in [-0.05, 0) is 12.8 Å². The monoisotopic (exact) mass is 158 g/mol. The predicted octanol–water partition coefficient (Wildman–Crippen LogP) is 0.794. The summed E-state index contributed by atoms with van der Waals surface area (Å²) in [6.07, 6.45) is 2.35. The maximum absolute atomic E-state index is 10.4. The molecule has 64 valence electrons. The van der Waals surface area contributed by atoms with Gasteiger partial charge in [0.05, 0.1) is 6.54 Å². The van der Waals surface area contributed by atoms with Crippen LogP contribution < -0.4 is 5.32 Å². The molecule has 0 amide bonds. The second-order valence-electron chi connectivity index (χ2n) is 3.72. The zero-order valence-electron chi connectivity index (χ0n) is 6.96. The van der Waals surface area contributed by atoms with Crippen LogP contribution in [0.3, 0.4) is 0 Å². The van der Waals surface area contributed by atoms with Crippen molar-refractivity contribution in [3.8, 4) is 0 Å². The summed E-state index contributed by atoms with van der Waals surface area (Å²) in [4.78, 5) is 10.2. The fourth-order valence-electron chi connectivity index (χ4n) is 0.746. The first-order valence-electron chi connectivity index (χ1n) is 3.90. The number of nitrogens with one attached hydrogen (secondary N) is 1. The van der Waals surface area contributed by atoms with Gasteiger partial charge in [0, 0.05) is 24.8 Å². The summed E-state index contributed by atoms with van der Waals surface area (Å²) in [7, 11) is 0. The van der Waals surface area contributed by atoms with Crippen molar-refractivity contribution in [2.75, 3.05) is 6.54 Å². The van der Waals surface area contributed by atoms with Crippen LogP contribution in [-0.4, -0.2) is 23.0 Å². The highest BCUT2D eigenvalue weighted by atomic mass is 16.6. The second kappa shape index (κ2) is 2.77. The van der Waals surface area contributed by atoms with E-state index in [-0.39, 0.29) is 4.92 Å². The number of nitrogens with zero attached hydrogens (tertiary/aromatic N) is 1. The van der Waals surface area contributed by atoms with Crippen molar-refractivity contribution in [1.82, 2.24) is 5.32 Å². The van der Waals surface area contributed by atoms with E-state index in [1.807, 2.05) is 0 Å². The molecule has 0 aromatic rings. The zero-order chi connectivity index (χ0) is 8.48. The molecular formula is C7H14N2O2. The van der Waals surface area contributed by atoms with E-state index in [1.165, 1.54) is 12.8 Å². The van der Waals surface area contributed by atoms with E-state index < -0.39 is 5.54 Å². The van der Waals surface area contributed by atoms with E-state index in [1.54, 1.807) is 13.8 Å². The highest BCUT2D eigenvalue weighted by Gasteiger charge is 2.33. The Hall–Kier alpha value is -0.640. The molecule has 0 unspecified atom stereocenters. The summed E-state index contributed by atoms with van der Waals surface area (Å²) >= 11 is 0. The minimum atomic E-state index is -0.817. The summed E-state index contributed by atoms with van der Waals surface area (Å²) in [5, 5.41) is 13.6. The minimum absolute atomic E-state index is 0.234. The molecule has 0 heterocycles. The molecule has 0 radical (unpaired) electrons. The van der Waals surface area contributed by atoms with Crippen molar-refractivity contribution in [1.29, 1.82) is 0 Å². The Morgan fingerprint density at radius 2 is 2.18 bits per heavy atom.